The van der Waals surface area contributed by atoms with E-state index in [0.29, 0.717) is 23.7 Å². The first-order chi connectivity index (χ1) is 13.1. The summed E-state index contributed by atoms with van der Waals surface area (Å²) in [7, 11) is 0. The van der Waals surface area contributed by atoms with E-state index >= 15 is 0 Å². The minimum absolute atomic E-state index is 0.00278. The number of hydrogen-bond acceptors (Lipinski definition) is 4. The van der Waals surface area contributed by atoms with Crippen molar-refractivity contribution in [1.82, 2.24) is 0 Å². The zero-order valence-electron chi connectivity index (χ0n) is 18.1. The van der Waals surface area contributed by atoms with Crippen molar-refractivity contribution in [1.29, 1.82) is 0 Å². The van der Waals surface area contributed by atoms with Gasteiger partial charge in [-0.15, -0.1) is 0 Å². The fourth-order valence-electron chi connectivity index (χ4n) is 6.77. The monoisotopic (exact) mass is 388 g/mol. The van der Waals surface area contributed by atoms with E-state index in [0.717, 1.165) is 12.8 Å². The Labute approximate surface area is 169 Å². The number of ether oxygens (including phenoxy) is 2. The Bertz CT molecular complexity index is 691. The molecule has 6 atom stereocenters. The van der Waals surface area contributed by atoms with Crippen LogP contribution in [0.3, 0.4) is 0 Å². The van der Waals surface area contributed by atoms with Crippen LogP contribution in [0.1, 0.15) is 79.6 Å². The van der Waals surface area contributed by atoms with Gasteiger partial charge in [0.15, 0.2) is 0 Å². The Morgan fingerprint density at radius 1 is 1.25 bits per heavy atom. The molecule has 0 aromatic heterocycles. The molecule has 4 heteroatoms. The number of hydrogen-bond donors (Lipinski definition) is 0. The fraction of sp³-hybridized carbons (Fsp3) is 0.833. The van der Waals surface area contributed by atoms with E-state index < -0.39 is 0 Å². The van der Waals surface area contributed by atoms with Crippen molar-refractivity contribution < 1.29 is 19.1 Å². The van der Waals surface area contributed by atoms with Gasteiger partial charge in [-0.05, 0) is 48.3 Å². The van der Waals surface area contributed by atoms with Crippen LogP contribution in [0.2, 0.25) is 0 Å². The van der Waals surface area contributed by atoms with Gasteiger partial charge in [0.1, 0.15) is 12.2 Å². The molecule has 1 aliphatic heterocycles. The molecule has 0 bridgehead atoms. The Morgan fingerprint density at radius 3 is 2.64 bits per heavy atom. The average Bonchev–Trinajstić information content (AvgIpc) is 2.86. The molecule has 0 radical (unpaired) electrons. The lowest BCUT2D eigenvalue weighted by Crippen LogP contribution is -2.50. The van der Waals surface area contributed by atoms with Crippen molar-refractivity contribution in [2.45, 2.75) is 91.8 Å². The predicted molar refractivity (Wildman–Crippen MR) is 107 cm³/mol. The van der Waals surface area contributed by atoms with Gasteiger partial charge in [-0.2, -0.15) is 0 Å². The van der Waals surface area contributed by atoms with Crippen LogP contribution in [0, 0.1) is 34.5 Å². The lowest BCUT2D eigenvalue weighted by Gasteiger charge is -2.49. The largest absolute Gasteiger partial charge is 0.462 e. The smallest absolute Gasteiger partial charge is 0.313 e. The topological polar surface area (TPSA) is 52.6 Å². The summed E-state index contributed by atoms with van der Waals surface area (Å²) in [5, 5.41) is 0. The molecule has 28 heavy (non-hydrogen) atoms. The first-order valence-corrected chi connectivity index (χ1v) is 11.2. The third-order valence-corrected chi connectivity index (χ3v) is 7.71. The van der Waals surface area contributed by atoms with Crippen LogP contribution in [0.25, 0.3) is 0 Å². The molecule has 4 aliphatic rings. The number of carbonyl (C=O) groups excluding carboxylic acids is 2. The first kappa shape index (κ1) is 20.0. The zero-order chi connectivity index (χ0) is 20.3. The predicted octanol–water partition coefficient (Wildman–Crippen LogP) is 5.06. The number of allylic oxidation sites excluding steroid dienone is 1. The van der Waals surface area contributed by atoms with Gasteiger partial charge in [-0.25, -0.2) is 0 Å². The summed E-state index contributed by atoms with van der Waals surface area (Å²) in [6, 6.07) is 0. The normalized spacial score (nSPS) is 41.4. The first-order valence-electron chi connectivity index (χ1n) is 11.2. The molecule has 0 aromatic rings. The van der Waals surface area contributed by atoms with Gasteiger partial charge in [0.05, 0.1) is 5.92 Å². The maximum Gasteiger partial charge on any atom is 0.313 e. The minimum Gasteiger partial charge on any atom is -0.462 e. The van der Waals surface area contributed by atoms with Crippen LogP contribution in [0.4, 0.5) is 0 Å². The number of carbonyl (C=O) groups is 2. The second-order valence-electron chi connectivity index (χ2n) is 11.2. The molecule has 4 rings (SSSR count). The van der Waals surface area contributed by atoms with Crippen LogP contribution in [0.5, 0.6) is 0 Å². The van der Waals surface area contributed by atoms with Gasteiger partial charge in [0.2, 0.25) is 0 Å². The maximum absolute atomic E-state index is 12.4. The standard InChI is InChI=1S/C24H36O4/c1-14(2)11-19(25)27-18-8-7-17(24(5)10-6-9-23(3,4)13-24)15-12-16-21(20(15)18)28-22(16)26/h7,14-16,18,20-21H,6,8-13H2,1-5H3/t15-,16-,18+,20+,21-,24+/m1/s1. The Morgan fingerprint density at radius 2 is 2.00 bits per heavy atom. The molecule has 4 nitrogen and oxygen atoms in total. The molecule has 3 fully saturated rings. The molecule has 2 saturated carbocycles. The summed E-state index contributed by atoms with van der Waals surface area (Å²) >= 11 is 0. The van der Waals surface area contributed by atoms with Crippen molar-refractivity contribution >= 4 is 11.9 Å². The molecule has 156 valence electrons. The summed E-state index contributed by atoms with van der Waals surface area (Å²) < 4.78 is 11.5. The number of fused-ring (bicyclic) bond motifs is 3. The molecule has 0 amide bonds. The van der Waals surface area contributed by atoms with Gasteiger partial charge in [0, 0.05) is 18.8 Å². The van der Waals surface area contributed by atoms with Crippen LogP contribution in [0.15, 0.2) is 11.6 Å². The SMILES string of the molecule is CC(C)CC(=O)O[C@H]1CC=C([C@@]2(C)CCCC(C)(C)C2)[C@H]2C[C@H]3C(=O)O[C@H]3[C@H]12. The van der Waals surface area contributed by atoms with E-state index in [1.807, 2.05) is 13.8 Å². The second kappa shape index (κ2) is 6.88. The van der Waals surface area contributed by atoms with Crippen LogP contribution in [-0.4, -0.2) is 24.1 Å². The summed E-state index contributed by atoms with van der Waals surface area (Å²) in [6.45, 7) is 11.3. The van der Waals surface area contributed by atoms with Crippen LogP contribution < -0.4 is 0 Å². The molecule has 0 unspecified atom stereocenters. The number of esters is 2. The van der Waals surface area contributed by atoms with Crippen molar-refractivity contribution in [3.8, 4) is 0 Å². The van der Waals surface area contributed by atoms with Crippen LogP contribution >= 0.6 is 0 Å². The lowest BCUT2D eigenvalue weighted by atomic mass is 9.57. The lowest BCUT2D eigenvalue weighted by molar-refractivity contribution is -0.190. The summed E-state index contributed by atoms with van der Waals surface area (Å²) in [5.41, 5.74) is 2.06. The van der Waals surface area contributed by atoms with Crippen molar-refractivity contribution in [2.24, 2.45) is 34.5 Å². The zero-order valence-corrected chi connectivity index (χ0v) is 18.1. The molecule has 1 saturated heterocycles. The fourth-order valence-corrected chi connectivity index (χ4v) is 6.77. The van der Waals surface area contributed by atoms with Gasteiger partial charge in [-0.3, -0.25) is 9.59 Å². The Kier molecular flexibility index (Phi) is 4.91. The van der Waals surface area contributed by atoms with Crippen molar-refractivity contribution in [2.75, 3.05) is 0 Å². The molecular formula is C24H36O4. The van der Waals surface area contributed by atoms with Gasteiger partial charge >= 0.3 is 11.9 Å². The second-order valence-corrected chi connectivity index (χ2v) is 11.2. The summed E-state index contributed by atoms with van der Waals surface area (Å²) in [4.78, 5) is 24.4. The summed E-state index contributed by atoms with van der Waals surface area (Å²) in [5.74, 6) is 0.573. The van der Waals surface area contributed by atoms with Gasteiger partial charge in [0.25, 0.3) is 0 Å². The van der Waals surface area contributed by atoms with Gasteiger partial charge < -0.3 is 9.47 Å². The molecule has 0 spiro atoms. The third-order valence-electron chi connectivity index (χ3n) is 7.71. The maximum atomic E-state index is 12.4. The van der Waals surface area contributed by atoms with E-state index in [1.54, 1.807) is 0 Å². The molecule has 1 heterocycles. The van der Waals surface area contributed by atoms with E-state index in [-0.39, 0.29) is 41.4 Å². The highest BCUT2D eigenvalue weighted by Crippen LogP contribution is 2.60. The highest BCUT2D eigenvalue weighted by Gasteiger charge is 2.62. The van der Waals surface area contributed by atoms with Crippen molar-refractivity contribution in [3.05, 3.63) is 11.6 Å². The molecule has 0 aromatic carbocycles. The van der Waals surface area contributed by atoms with E-state index in [9.17, 15) is 9.59 Å². The molecular weight excluding hydrogens is 352 g/mol. The van der Waals surface area contributed by atoms with Crippen molar-refractivity contribution in [3.63, 3.8) is 0 Å². The Balaban J connectivity index is 1.60. The average molecular weight is 389 g/mol. The highest BCUT2D eigenvalue weighted by atomic mass is 16.6. The van der Waals surface area contributed by atoms with E-state index in [2.05, 4.69) is 26.8 Å². The number of rotatable bonds is 4. The highest BCUT2D eigenvalue weighted by molar-refractivity contribution is 5.79. The van der Waals surface area contributed by atoms with Crippen LogP contribution in [-0.2, 0) is 19.1 Å². The summed E-state index contributed by atoms with van der Waals surface area (Å²) in [6.07, 6.45) is 9.19. The quantitative estimate of drug-likeness (QED) is 0.499. The van der Waals surface area contributed by atoms with E-state index in [1.165, 1.54) is 31.3 Å². The minimum atomic E-state index is -0.150. The molecule has 0 N–H and O–H groups in total. The molecule has 3 aliphatic carbocycles. The third kappa shape index (κ3) is 3.41. The van der Waals surface area contributed by atoms with E-state index in [4.69, 9.17) is 9.47 Å². The Hall–Kier alpha value is -1.32. The van der Waals surface area contributed by atoms with Gasteiger partial charge in [-0.1, -0.05) is 52.7 Å².